The Balaban J connectivity index is 2.45. The lowest BCUT2D eigenvalue weighted by molar-refractivity contribution is 0.129. The molecule has 0 N–H and O–H groups in total. The molecule has 0 radical (unpaired) electrons. The highest BCUT2D eigenvalue weighted by Crippen LogP contribution is 2.45. The van der Waals surface area contributed by atoms with Crippen molar-refractivity contribution in [2.24, 2.45) is 0 Å². The van der Waals surface area contributed by atoms with Gasteiger partial charge in [0.15, 0.2) is 0 Å². The first-order valence-corrected chi connectivity index (χ1v) is 5.75. The van der Waals surface area contributed by atoms with E-state index in [0.717, 1.165) is 11.1 Å². The normalized spacial score (nSPS) is 25.6. The molecule has 16 heavy (non-hydrogen) atoms. The second kappa shape index (κ2) is 4.06. The van der Waals surface area contributed by atoms with Gasteiger partial charge >= 0.3 is 0 Å². The average molecular weight is 242 g/mol. The molecule has 0 saturated carbocycles. The van der Waals surface area contributed by atoms with Crippen LogP contribution in [0.2, 0.25) is 0 Å². The molecule has 1 heterocycles. The van der Waals surface area contributed by atoms with Crippen molar-refractivity contribution in [3.63, 3.8) is 0 Å². The molecule has 0 amide bonds. The Kier molecular flexibility index (Phi) is 3.04. The summed E-state index contributed by atoms with van der Waals surface area (Å²) in [5.74, 6) is -0.188. The first kappa shape index (κ1) is 12.0. The fourth-order valence-electron chi connectivity index (χ4n) is 2.08. The smallest absolute Gasteiger partial charge is 0.143 e. The summed E-state index contributed by atoms with van der Waals surface area (Å²) in [5.41, 5.74) is 2.15. The van der Waals surface area contributed by atoms with Crippen LogP contribution in [0.1, 0.15) is 23.6 Å². The summed E-state index contributed by atoms with van der Waals surface area (Å²) in [4.78, 5) is 0. The van der Waals surface area contributed by atoms with Crippen LogP contribution >= 0.6 is 9.47 Å². The molecular weight excluding hydrogens is 226 g/mol. The molecule has 1 fully saturated rings. The molecule has 2 rings (SSSR count). The molecular formula is C12H16FO2P. The average Bonchev–Trinajstić information content (AvgIpc) is 3.03. The molecule has 88 valence electrons. The number of ether oxygens (including phenoxy) is 1. The van der Waals surface area contributed by atoms with E-state index in [9.17, 15) is 4.39 Å². The first-order valence-electron chi connectivity index (χ1n) is 5.28. The Labute approximate surface area is 97.4 Å². The lowest BCUT2D eigenvalue weighted by atomic mass is 9.90. The second-order valence-electron chi connectivity index (χ2n) is 4.37. The maximum Gasteiger partial charge on any atom is 0.143 e. The van der Waals surface area contributed by atoms with Crippen molar-refractivity contribution < 1.29 is 13.7 Å². The maximum absolute atomic E-state index is 13.6. The van der Waals surface area contributed by atoms with Crippen LogP contribution < -0.4 is 0 Å². The van der Waals surface area contributed by atoms with Crippen LogP contribution in [0.3, 0.4) is 0 Å². The summed E-state index contributed by atoms with van der Waals surface area (Å²) in [6, 6.07) is 3.42. The number of hydrogen-bond acceptors (Lipinski definition) is 2. The lowest BCUT2D eigenvalue weighted by Crippen LogP contribution is -2.26. The highest BCUT2D eigenvalue weighted by atomic mass is 31.0. The third-order valence-electron chi connectivity index (χ3n) is 3.28. The molecule has 0 aliphatic carbocycles. The van der Waals surface area contributed by atoms with E-state index < -0.39 is 5.60 Å². The van der Waals surface area contributed by atoms with E-state index in [4.69, 9.17) is 9.26 Å². The van der Waals surface area contributed by atoms with Crippen molar-refractivity contribution in [1.82, 2.24) is 0 Å². The topological polar surface area (TPSA) is 21.8 Å². The number of epoxide rings is 1. The molecule has 0 bridgehead atoms. The number of benzene rings is 1. The predicted molar refractivity (Wildman–Crippen MR) is 63.8 cm³/mol. The molecule has 0 aromatic heterocycles. The van der Waals surface area contributed by atoms with Gasteiger partial charge in [-0.3, -0.25) is 0 Å². The Bertz CT molecular complexity index is 416. The maximum atomic E-state index is 13.6. The van der Waals surface area contributed by atoms with E-state index in [1.165, 1.54) is 0 Å². The number of rotatable bonds is 3. The summed E-state index contributed by atoms with van der Waals surface area (Å²) in [7, 11) is 2.24. The summed E-state index contributed by atoms with van der Waals surface area (Å²) < 4.78 is 24.3. The van der Waals surface area contributed by atoms with Crippen LogP contribution in [0.5, 0.6) is 0 Å². The van der Waals surface area contributed by atoms with Crippen molar-refractivity contribution in [3.05, 3.63) is 34.6 Å². The van der Waals surface area contributed by atoms with Gasteiger partial charge in [-0.25, -0.2) is 4.39 Å². The summed E-state index contributed by atoms with van der Waals surface area (Å²) in [6.07, 6.45) is -0.0988. The van der Waals surface area contributed by atoms with Gasteiger partial charge in [-0.1, -0.05) is 6.07 Å². The van der Waals surface area contributed by atoms with Crippen LogP contribution in [0.25, 0.3) is 0 Å². The van der Waals surface area contributed by atoms with Gasteiger partial charge in [-0.05, 0) is 43.5 Å². The molecule has 1 saturated heterocycles. The lowest BCUT2D eigenvalue weighted by Gasteiger charge is -2.21. The van der Waals surface area contributed by atoms with Gasteiger partial charge in [0.2, 0.25) is 0 Å². The largest absolute Gasteiger partial charge is 0.362 e. The van der Waals surface area contributed by atoms with Crippen molar-refractivity contribution in [2.75, 3.05) is 6.61 Å². The molecule has 2 unspecified atom stereocenters. The number of halogens is 1. The zero-order valence-corrected chi connectivity index (χ0v) is 10.9. The van der Waals surface area contributed by atoms with Gasteiger partial charge in [0.25, 0.3) is 0 Å². The Morgan fingerprint density at radius 1 is 1.44 bits per heavy atom. The molecule has 1 aromatic rings. The van der Waals surface area contributed by atoms with Crippen LogP contribution in [-0.2, 0) is 14.9 Å². The van der Waals surface area contributed by atoms with E-state index in [-0.39, 0.29) is 11.9 Å². The monoisotopic (exact) mass is 242 g/mol. The van der Waals surface area contributed by atoms with E-state index in [0.29, 0.717) is 12.2 Å². The van der Waals surface area contributed by atoms with Gasteiger partial charge in [-0.15, -0.1) is 0 Å². The summed E-state index contributed by atoms with van der Waals surface area (Å²) >= 11 is 0. The standard InChI is InChI=1S/C12H16FO2P/c1-7-4-8(2)11(13)5-10(7)12(6-14-12)9(3)15-16/h4-5,9H,6,16H2,1-3H3/t9-,12?/m1/s1. The van der Waals surface area contributed by atoms with Crippen LogP contribution in [0.15, 0.2) is 12.1 Å². The second-order valence-corrected chi connectivity index (χ2v) is 4.64. The minimum absolute atomic E-state index is 0.0988. The van der Waals surface area contributed by atoms with Crippen molar-refractivity contribution in [1.29, 1.82) is 0 Å². The SMILES string of the molecule is Cc1cc(C)c(C2([C@@H](C)OP)CO2)cc1F. The Morgan fingerprint density at radius 3 is 2.56 bits per heavy atom. The molecule has 1 aliphatic rings. The fraction of sp³-hybridized carbons (Fsp3) is 0.500. The Hall–Kier alpha value is -0.500. The third-order valence-corrected chi connectivity index (χ3v) is 3.69. The van der Waals surface area contributed by atoms with E-state index in [1.807, 2.05) is 19.9 Å². The predicted octanol–water partition coefficient (Wildman–Crippen LogP) is 2.86. The third kappa shape index (κ3) is 1.77. The van der Waals surface area contributed by atoms with Gasteiger partial charge in [-0.2, -0.15) is 0 Å². The molecule has 1 aliphatic heterocycles. The first-order chi connectivity index (χ1) is 7.51. The molecule has 1 aromatic carbocycles. The minimum atomic E-state index is -0.458. The van der Waals surface area contributed by atoms with Crippen molar-refractivity contribution in [2.45, 2.75) is 32.5 Å². The molecule has 0 spiro atoms. The van der Waals surface area contributed by atoms with Crippen LogP contribution in [-0.4, -0.2) is 12.7 Å². The zero-order valence-electron chi connectivity index (χ0n) is 9.71. The van der Waals surface area contributed by atoms with Crippen molar-refractivity contribution in [3.8, 4) is 0 Å². The fourth-order valence-corrected chi connectivity index (χ4v) is 2.30. The number of hydrogen-bond donors (Lipinski definition) is 0. The van der Waals surface area contributed by atoms with Crippen molar-refractivity contribution >= 4 is 9.47 Å². The van der Waals surface area contributed by atoms with E-state index in [2.05, 4.69) is 9.47 Å². The molecule has 2 nitrogen and oxygen atoms in total. The molecule has 4 heteroatoms. The van der Waals surface area contributed by atoms with Gasteiger partial charge < -0.3 is 9.26 Å². The Morgan fingerprint density at radius 2 is 2.06 bits per heavy atom. The van der Waals surface area contributed by atoms with Crippen LogP contribution in [0, 0.1) is 19.7 Å². The van der Waals surface area contributed by atoms with Crippen LogP contribution in [0.4, 0.5) is 4.39 Å². The number of aryl methyl sites for hydroxylation is 2. The van der Waals surface area contributed by atoms with Gasteiger partial charge in [0, 0.05) is 9.47 Å². The molecule has 3 atom stereocenters. The summed E-state index contributed by atoms with van der Waals surface area (Å²) in [5, 5.41) is 0. The van der Waals surface area contributed by atoms with E-state index >= 15 is 0 Å². The van der Waals surface area contributed by atoms with E-state index in [1.54, 1.807) is 13.0 Å². The summed E-state index contributed by atoms with van der Waals surface area (Å²) in [6.45, 7) is 6.26. The quantitative estimate of drug-likeness (QED) is 0.600. The van der Waals surface area contributed by atoms with Gasteiger partial charge in [0.05, 0.1) is 12.7 Å². The highest BCUT2D eigenvalue weighted by Gasteiger charge is 2.52. The minimum Gasteiger partial charge on any atom is -0.362 e. The zero-order chi connectivity index (χ0) is 11.9. The van der Waals surface area contributed by atoms with Gasteiger partial charge in [0.1, 0.15) is 11.4 Å². The highest BCUT2D eigenvalue weighted by molar-refractivity contribution is 7.09.